The Morgan fingerprint density at radius 3 is 2.80 bits per heavy atom. The number of rotatable bonds is 1. The van der Waals surface area contributed by atoms with Crippen LogP contribution < -0.4 is 11.2 Å². The van der Waals surface area contributed by atoms with Gasteiger partial charge in [-0.3, -0.25) is 9.59 Å². The molecule has 0 aliphatic rings. The van der Waals surface area contributed by atoms with Crippen molar-refractivity contribution in [1.29, 1.82) is 0 Å². The first-order chi connectivity index (χ1) is 7.09. The van der Waals surface area contributed by atoms with Crippen molar-refractivity contribution < 1.29 is 9.18 Å². The van der Waals surface area contributed by atoms with E-state index in [1.165, 1.54) is 18.3 Å². The maximum absolute atomic E-state index is 12.9. The largest absolute Gasteiger partial charge is 0.365 e. The van der Waals surface area contributed by atoms with Gasteiger partial charge < -0.3 is 10.7 Å². The lowest BCUT2D eigenvalue weighted by atomic mass is 10.1. The number of carbonyl (C=O) groups excluding carboxylic acids is 1. The van der Waals surface area contributed by atoms with E-state index in [1.54, 1.807) is 0 Å². The Morgan fingerprint density at radius 2 is 2.13 bits per heavy atom. The summed E-state index contributed by atoms with van der Waals surface area (Å²) < 4.78 is 12.9. The van der Waals surface area contributed by atoms with Crippen molar-refractivity contribution in [2.75, 3.05) is 0 Å². The van der Waals surface area contributed by atoms with Gasteiger partial charge in [0.05, 0.1) is 0 Å². The van der Waals surface area contributed by atoms with E-state index >= 15 is 0 Å². The average molecular weight is 206 g/mol. The maximum Gasteiger partial charge on any atom is 0.254 e. The fraction of sp³-hybridized carbons (Fsp3) is 0. The number of primary amides is 1. The molecule has 0 spiro atoms. The zero-order valence-electron chi connectivity index (χ0n) is 7.58. The van der Waals surface area contributed by atoms with Crippen molar-refractivity contribution >= 4 is 16.8 Å². The number of aromatic amines is 1. The second-order valence-corrected chi connectivity index (χ2v) is 3.09. The van der Waals surface area contributed by atoms with Crippen LogP contribution in [0.15, 0.2) is 29.2 Å². The summed E-state index contributed by atoms with van der Waals surface area (Å²) in [7, 11) is 0. The summed E-state index contributed by atoms with van der Waals surface area (Å²) in [5.74, 6) is -1.36. The van der Waals surface area contributed by atoms with Crippen molar-refractivity contribution in [3.8, 4) is 0 Å². The molecule has 0 atom stereocenters. The molecule has 0 aliphatic heterocycles. The number of benzene rings is 1. The molecule has 2 aromatic rings. The third-order valence-electron chi connectivity index (χ3n) is 2.11. The predicted octanol–water partition coefficient (Wildman–Crippen LogP) is 0.766. The number of carbonyl (C=O) groups is 1. The van der Waals surface area contributed by atoms with E-state index < -0.39 is 17.2 Å². The topological polar surface area (TPSA) is 76.0 Å². The van der Waals surface area contributed by atoms with Crippen LogP contribution >= 0.6 is 0 Å². The van der Waals surface area contributed by atoms with Gasteiger partial charge >= 0.3 is 0 Å². The molecule has 0 aliphatic carbocycles. The first-order valence-corrected chi connectivity index (χ1v) is 4.20. The second kappa shape index (κ2) is 3.20. The van der Waals surface area contributed by atoms with Gasteiger partial charge in [0.1, 0.15) is 11.4 Å². The summed E-state index contributed by atoms with van der Waals surface area (Å²) in [6.45, 7) is 0. The number of hydrogen-bond donors (Lipinski definition) is 2. The highest BCUT2D eigenvalue weighted by molar-refractivity contribution is 5.95. The predicted molar refractivity (Wildman–Crippen MR) is 53.0 cm³/mol. The molecule has 2 rings (SSSR count). The summed E-state index contributed by atoms with van der Waals surface area (Å²) >= 11 is 0. The van der Waals surface area contributed by atoms with Crippen molar-refractivity contribution in [1.82, 2.24) is 4.98 Å². The number of nitrogens with two attached hydrogens (primary N) is 1. The van der Waals surface area contributed by atoms with Crippen LogP contribution in [0.4, 0.5) is 4.39 Å². The second-order valence-electron chi connectivity index (χ2n) is 3.09. The Kier molecular flexibility index (Phi) is 2.00. The number of pyridine rings is 1. The van der Waals surface area contributed by atoms with Gasteiger partial charge in [-0.1, -0.05) is 0 Å². The van der Waals surface area contributed by atoms with Crippen LogP contribution in [0.5, 0.6) is 0 Å². The molecule has 1 aromatic heterocycles. The summed E-state index contributed by atoms with van der Waals surface area (Å²) in [5, 5.41) is 0.117. The molecule has 15 heavy (non-hydrogen) atoms. The summed E-state index contributed by atoms with van der Waals surface area (Å²) in [5.41, 5.74) is 4.72. The molecule has 0 radical (unpaired) electrons. The quantitative estimate of drug-likeness (QED) is 0.722. The Morgan fingerprint density at radius 1 is 1.40 bits per heavy atom. The minimum absolute atomic E-state index is 0.117. The van der Waals surface area contributed by atoms with Gasteiger partial charge in [-0.15, -0.1) is 0 Å². The Hall–Kier alpha value is -2.17. The summed E-state index contributed by atoms with van der Waals surface area (Å²) in [4.78, 5) is 25.2. The lowest BCUT2D eigenvalue weighted by molar-refractivity contribution is 0.0999. The first kappa shape index (κ1) is 9.39. The Balaban J connectivity index is 2.89. The first-order valence-electron chi connectivity index (χ1n) is 4.20. The van der Waals surface area contributed by atoms with Crippen molar-refractivity contribution in [2.45, 2.75) is 0 Å². The zero-order chi connectivity index (χ0) is 11.0. The molecule has 0 saturated carbocycles. The lowest BCUT2D eigenvalue weighted by Gasteiger charge is -1.99. The molecule has 1 amide bonds. The fourth-order valence-corrected chi connectivity index (χ4v) is 1.37. The molecule has 5 heteroatoms. The highest BCUT2D eigenvalue weighted by Gasteiger charge is 2.09. The van der Waals surface area contributed by atoms with Crippen molar-refractivity contribution in [3.05, 3.63) is 46.0 Å². The maximum atomic E-state index is 12.9. The van der Waals surface area contributed by atoms with Gasteiger partial charge in [0.25, 0.3) is 5.91 Å². The van der Waals surface area contributed by atoms with Crippen molar-refractivity contribution in [3.63, 3.8) is 0 Å². The van der Waals surface area contributed by atoms with E-state index in [0.29, 0.717) is 5.52 Å². The van der Waals surface area contributed by atoms with E-state index in [0.717, 1.165) is 6.07 Å². The van der Waals surface area contributed by atoms with Gasteiger partial charge in [-0.25, -0.2) is 4.39 Å². The van der Waals surface area contributed by atoms with Crippen LogP contribution in [0.2, 0.25) is 0 Å². The van der Waals surface area contributed by atoms with Crippen LogP contribution in [-0.2, 0) is 0 Å². The number of hydrogen-bond acceptors (Lipinski definition) is 2. The SMILES string of the molecule is NC(=O)c1c[nH]c2ccc(F)cc2c1=O. The smallest absolute Gasteiger partial charge is 0.254 e. The number of fused-ring (bicyclic) bond motifs is 1. The van der Waals surface area contributed by atoms with E-state index in [2.05, 4.69) is 4.98 Å². The lowest BCUT2D eigenvalue weighted by Crippen LogP contribution is -2.22. The molecule has 76 valence electrons. The highest BCUT2D eigenvalue weighted by atomic mass is 19.1. The number of nitrogens with one attached hydrogen (secondary N) is 1. The third kappa shape index (κ3) is 1.48. The molecular weight excluding hydrogens is 199 g/mol. The fourth-order valence-electron chi connectivity index (χ4n) is 1.37. The standard InChI is InChI=1S/C10H7FN2O2/c11-5-1-2-8-6(3-5)9(14)7(4-13-8)10(12)15/h1-4H,(H2,12,15)(H,13,14). The van der Waals surface area contributed by atoms with E-state index in [1.807, 2.05) is 0 Å². The van der Waals surface area contributed by atoms with Crippen LogP contribution in [0.3, 0.4) is 0 Å². The molecule has 1 aromatic carbocycles. The zero-order valence-corrected chi connectivity index (χ0v) is 7.58. The number of aromatic nitrogens is 1. The van der Waals surface area contributed by atoms with Crippen LogP contribution in [0.25, 0.3) is 10.9 Å². The Bertz CT molecular complexity index is 604. The Labute approximate surface area is 83.5 Å². The molecule has 0 unspecified atom stereocenters. The molecule has 0 saturated heterocycles. The summed E-state index contributed by atoms with van der Waals surface area (Å²) in [6.07, 6.45) is 1.23. The monoisotopic (exact) mass is 206 g/mol. The van der Waals surface area contributed by atoms with Gasteiger partial charge in [0.15, 0.2) is 0 Å². The van der Waals surface area contributed by atoms with Gasteiger partial charge in [0, 0.05) is 17.1 Å². The minimum Gasteiger partial charge on any atom is -0.365 e. The number of H-pyrrole nitrogens is 1. The normalized spacial score (nSPS) is 10.5. The van der Waals surface area contributed by atoms with E-state index in [-0.39, 0.29) is 10.9 Å². The average Bonchev–Trinajstić information content (AvgIpc) is 2.19. The van der Waals surface area contributed by atoms with Crippen LogP contribution in [-0.4, -0.2) is 10.9 Å². The minimum atomic E-state index is -0.831. The van der Waals surface area contributed by atoms with E-state index in [4.69, 9.17) is 5.73 Å². The number of amides is 1. The number of halogens is 1. The van der Waals surface area contributed by atoms with Gasteiger partial charge in [0.2, 0.25) is 5.43 Å². The molecule has 1 heterocycles. The highest BCUT2D eigenvalue weighted by Crippen LogP contribution is 2.09. The van der Waals surface area contributed by atoms with Gasteiger partial charge in [-0.2, -0.15) is 0 Å². The molecule has 4 nitrogen and oxygen atoms in total. The van der Waals surface area contributed by atoms with Crippen molar-refractivity contribution in [2.24, 2.45) is 5.73 Å². The molecule has 0 fully saturated rings. The summed E-state index contributed by atoms with van der Waals surface area (Å²) in [6, 6.07) is 3.72. The molecule has 3 N–H and O–H groups in total. The van der Waals surface area contributed by atoms with Gasteiger partial charge in [-0.05, 0) is 18.2 Å². The molecule has 0 bridgehead atoms. The van der Waals surface area contributed by atoms with E-state index in [9.17, 15) is 14.0 Å². The third-order valence-corrected chi connectivity index (χ3v) is 2.11. The molecular formula is C10H7FN2O2. The van der Waals surface area contributed by atoms with Crippen LogP contribution in [0, 0.1) is 5.82 Å². The van der Waals surface area contributed by atoms with Crippen LogP contribution in [0.1, 0.15) is 10.4 Å².